The summed E-state index contributed by atoms with van der Waals surface area (Å²) in [7, 11) is 0. The summed E-state index contributed by atoms with van der Waals surface area (Å²) in [5.41, 5.74) is -1.85. The molecular formula is C18H25F4N3O2. The fourth-order valence-electron chi connectivity index (χ4n) is 3.18. The molecule has 2 rings (SSSR count). The number of halogens is 4. The van der Waals surface area contributed by atoms with Gasteiger partial charge in [0.05, 0.1) is 5.54 Å². The maximum atomic E-state index is 13.0. The average Bonchev–Trinajstić information content (AvgIpc) is 2.99. The monoisotopic (exact) mass is 391 g/mol. The lowest BCUT2D eigenvalue weighted by Crippen LogP contribution is -2.49. The second kappa shape index (κ2) is 8.86. The van der Waals surface area contributed by atoms with Crippen molar-refractivity contribution in [3.05, 3.63) is 23.9 Å². The fourth-order valence-corrected chi connectivity index (χ4v) is 3.18. The number of nitrogens with one attached hydrogen (secondary N) is 1. The molecular weight excluding hydrogens is 366 g/mol. The van der Waals surface area contributed by atoms with Gasteiger partial charge in [0.1, 0.15) is 18.8 Å². The van der Waals surface area contributed by atoms with Crippen molar-refractivity contribution in [2.45, 2.75) is 50.9 Å². The molecule has 2 heterocycles. The van der Waals surface area contributed by atoms with Crippen LogP contribution in [0.1, 0.15) is 38.7 Å². The predicted molar refractivity (Wildman–Crippen MR) is 92.1 cm³/mol. The summed E-state index contributed by atoms with van der Waals surface area (Å²) in [5.74, 6) is -0.756. The fraction of sp³-hybridized carbons (Fsp3) is 0.667. The zero-order chi connectivity index (χ0) is 20.1. The second-order valence-electron chi connectivity index (χ2n) is 7.30. The van der Waals surface area contributed by atoms with E-state index in [1.54, 1.807) is 13.8 Å². The first-order valence-corrected chi connectivity index (χ1v) is 8.88. The Labute approximate surface area is 156 Å². The normalized spacial score (nSPS) is 18.5. The lowest BCUT2D eigenvalue weighted by atomic mass is 10.1. The van der Waals surface area contributed by atoms with Gasteiger partial charge < -0.3 is 10.1 Å². The number of hydrogen-bond donors (Lipinski definition) is 1. The molecule has 1 saturated heterocycles. The number of carbonyl (C=O) groups is 1. The number of ether oxygens (including phenoxy) is 1. The van der Waals surface area contributed by atoms with Crippen molar-refractivity contribution in [2.24, 2.45) is 0 Å². The van der Waals surface area contributed by atoms with Crippen molar-refractivity contribution in [3.63, 3.8) is 0 Å². The van der Waals surface area contributed by atoms with Crippen LogP contribution in [0.25, 0.3) is 0 Å². The number of hydrogen-bond acceptors (Lipinski definition) is 4. The van der Waals surface area contributed by atoms with Crippen molar-refractivity contribution < 1.29 is 27.1 Å². The minimum absolute atomic E-state index is 0.00918. The summed E-state index contributed by atoms with van der Waals surface area (Å²) in [6.07, 6.45) is -1.38. The van der Waals surface area contributed by atoms with E-state index in [2.05, 4.69) is 10.3 Å². The Morgan fingerprint density at radius 3 is 2.81 bits per heavy atom. The minimum atomic E-state index is -4.57. The van der Waals surface area contributed by atoms with Gasteiger partial charge in [-0.3, -0.25) is 9.69 Å². The molecule has 1 aliphatic rings. The van der Waals surface area contributed by atoms with Gasteiger partial charge in [-0.2, -0.15) is 13.2 Å². The summed E-state index contributed by atoms with van der Waals surface area (Å²) in [5, 5.41) is 2.78. The van der Waals surface area contributed by atoms with Crippen molar-refractivity contribution in [3.8, 4) is 5.88 Å². The van der Waals surface area contributed by atoms with E-state index in [0.717, 1.165) is 25.5 Å². The Hall–Kier alpha value is -1.90. The highest BCUT2D eigenvalue weighted by molar-refractivity contribution is 5.77. The first-order valence-electron chi connectivity index (χ1n) is 8.88. The molecule has 0 bridgehead atoms. The molecule has 5 nitrogen and oxygen atoms in total. The molecule has 27 heavy (non-hydrogen) atoms. The van der Waals surface area contributed by atoms with Crippen LogP contribution in [0.3, 0.4) is 0 Å². The summed E-state index contributed by atoms with van der Waals surface area (Å²) < 4.78 is 56.8. The van der Waals surface area contributed by atoms with Crippen molar-refractivity contribution in [1.82, 2.24) is 15.2 Å². The number of rotatable bonds is 8. The van der Waals surface area contributed by atoms with Crippen LogP contribution in [-0.2, 0) is 11.0 Å². The van der Waals surface area contributed by atoms with Gasteiger partial charge in [0.2, 0.25) is 11.8 Å². The van der Waals surface area contributed by atoms with Crippen molar-refractivity contribution in [1.29, 1.82) is 0 Å². The van der Waals surface area contributed by atoms with E-state index in [1.165, 1.54) is 12.3 Å². The van der Waals surface area contributed by atoms with E-state index in [0.29, 0.717) is 6.54 Å². The molecule has 1 aliphatic heterocycles. The van der Waals surface area contributed by atoms with Gasteiger partial charge in [0.15, 0.2) is 0 Å². The molecule has 1 aromatic heterocycles. The smallest absolute Gasteiger partial charge is 0.421 e. The molecule has 152 valence electrons. The number of nitrogens with zero attached hydrogens (tertiary/aromatic N) is 2. The number of amides is 1. The van der Waals surface area contributed by atoms with Crippen LogP contribution in [0.5, 0.6) is 5.88 Å². The number of carbonyl (C=O) groups excluding carboxylic acids is 1. The zero-order valence-electron chi connectivity index (χ0n) is 15.5. The van der Waals surface area contributed by atoms with E-state index < -0.39 is 29.8 Å². The SMILES string of the molecule is CC(C)(COc1ncccc1C(F)(F)F)NC(=O)C[C@H]1CCCN1CCF. The van der Waals surface area contributed by atoms with Crippen LogP contribution in [0.2, 0.25) is 0 Å². The van der Waals surface area contributed by atoms with Crippen LogP contribution >= 0.6 is 0 Å². The van der Waals surface area contributed by atoms with Gasteiger partial charge in [-0.25, -0.2) is 9.37 Å². The van der Waals surface area contributed by atoms with Gasteiger partial charge >= 0.3 is 6.18 Å². The summed E-state index contributed by atoms with van der Waals surface area (Å²) in [4.78, 5) is 17.9. The van der Waals surface area contributed by atoms with Crippen molar-refractivity contribution in [2.75, 3.05) is 26.4 Å². The molecule has 0 unspecified atom stereocenters. The predicted octanol–water partition coefficient (Wildman–Crippen LogP) is 3.20. The third kappa shape index (κ3) is 6.34. The van der Waals surface area contributed by atoms with E-state index in [9.17, 15) is 22.4 Å². The Morgan fingerprint density at radius 2 is 2.15 bits per heavy atom. The van der Waals surface area contributed by atoms with Gasteiger partial charge in [-0.1, -0.05) is 0 Å². The Kier molecular flexibility index (Phi) is 7.02. The van der Waals surface area contributed by atoms with Crippen LogP contribution in [0.15, 0.2) is 18.3 Å². The molecule has 1 fully saturated rings. The standard InChI is InChI=1S/C18H25F4N3O2/c1-17(2,12-27-16-14(18(20,21)22)6-3-8-23-16)24-15(26)11-13-5-4-9-25(13)10-7-19/h3,6,8,13H,4-5,7,9-12H2,1-2H3,(H,24,26)/t13-/m1/s1. The van der Waals surface area contributed by atoms with Gasteiger partial charge in [0, 0.05) is 25.2 Å². The van der Waals surface area contributed by atoms with E-state index in [1.807, 2.05) is 4.90 Å². The quantitative estimate of drug-likeness (QED) is 0.692. The number of alkyl halides is 4. The van der Waals surface area contributed by atoms with Crippen LogP contribution in [0, 0.1) is 0 Å². The second-order valence-corrected chi connectivity index (χ2v) is 7.30. The minimum Gasteiger partial charge on any atom is -0.475 e. The van der Waals surface area contributed by atoms with E-state index in [4.69, 9.17) is 4.74 Å². The molecule has 0 aliphatic carbocycles. The van der Waals surface area contributed by atoms with Gasteiger partial charge in [-0.05, 0) is 45.4 Å². The third-order valence-corrected chi connectivity index (χ3v) is 4.42. The molecule has 1 N–H and O–H groups in total. The summed E-state index contributed by atoms with van der Waals surface area (Å²) >= 11 is 0. The largest absolute Gasteiger partial charge is 0.475 e. The Balaban J connectivity index is 1.91. The lowest BCUT2D eigenvalue weighted by Gasteiger charge is -2.28. The molecule has 1 atom stereocenters. The van der Waals surface area contributed by atoms with E-state index in [-0.39, 0.29) is 25.0 Å². The van der Waals surface area contributed by atoms with E-state index >= 15 is 0 Å². The molecule has 9 heteroatoms. The average molecular weight is 391 g/mol. The van der Waals surface area contributed by atoms with Crippen molar-refractivity contribution >= 4 is 5.91 Å². The van der Waals surface area contributed by atoms with Crippen LogP contribution in [0.4, 0.5) is 17.6 Å². The summed E-state index contributed by atoms with van der Waals surface area (Å²) in [6, 6.07) is 2.07. The maximum absolute atomic E-state index is 13.0. The lowest BCUT2D eigenvalue weighted by molar-refractivity contribution is -0.139. The third-order valence-electron chi connectivity index (χ3n) is 4.42. The molecule has 1 aromatic rings. The van der Waals surface area contributed by atoms with Gasteiger partial charge in [0.25, 0.3) is 0 Å². The zero-order valence-corrected chi connectivity index (χ0v) is 15.5. The molecule has 0 saturated carbocycles. The first kappa shape index (κ1) is 21.4. The highest BCUT2D eigenvalue weighted by Gasteiger charge is 2.36. The molecule has 0 spiro atoms. The number of likely N-dealkylation sites (tertiary alicyclic amines) is 1. The Bertz CT molecular complexity index is 637. The highest BCUT2D eigenvalue weighted by Crippen LogP contribution is 2.34. The van der Waals surface area contributed by atoms with Crippen LogP contribution < -0.4 is 10.1 Å². The molecule has 0 radical (unpaired) electrons. The topological polar surface area (TPSA) is 54.5 Å². The summed E-state index contributed by atoms with van der Waals surface area (Å²) in [6.45, 7) is 3.78. The molecule has 0 aromatic carbocycles. The van der Waals surface area contributed by atoms with Gasteiger partial charge in [-0.15, -0.1) is 0 Å². The molecule has 1 amide bonds. The van der Waals surface area contributed by atoms with Crippen LogP contribution in [-0.4, -0.2) is 53.7 Å². The first-order chi connectivity index (χ1) is 12.6. The Morgan fingerprint density at radius 1 is 1.41 bits per heavy atom. The number of pyridine rings is 1. The maximum Gasteiger partial charge on any atom is 0.421 e. The number of aromatic nitrogens is 1. The highest BCUT2D eigenvalue weighted by atomic mass is 19.4.